The van der Waals surface area contributed by atoms with Crippen molar-refractivity contribution in [2.45, 2.75) is 6.54 Å². The van der Waals surface area contributed by atoms with Crippen LogP contribution in [0.1, 0.15) is 10.4 Å². The highest BCUT2D eigenvalue weighted by Crippen LogP contribution is 2.11. The van der Waals surface area contributed by atoms with E-state index in [1.165, 1.54) is 4.68 Å². The van der Waals surface area contributed by atoms with Crippen LogP contribution in [0.4, 0.5) is 0 Å². The predicted molar refractivity (Wildman–Crippen MR) is 86.1 cm³/mol. The SMILES string of the molecule is COc1ccc(C(=O)NNC(=O)Cn2nnc3ccccc32)cc1. The molecule has 24 heavy (non-hydrogen) atoms. The van der Waals surface area contributed by atoms with E-state index in [0.29, 0.717) is 16.8 Å². The largest absolute Gasteiger partial charge is 0.497 e. The van der Waals surface area contributed by atoms with E-state index in [0.717, 1.165) is 5.52 Å². The van der Waals surface area contributed by atoms with Crippen molar-refractivity contribution in [2.75, 3.05) is 7.11 Å². The average Bonchev–Trinajstić information content (AvgIpc) is 3.03. The first kappa shape index (κ1) is 15.5. The number of carbonyl (C=O) groups excluding carboxylic acids is 2. The van der Waals surface area contributed by atoms with Crippen LogP contribution in [0.5, 0.6) is 5.75 Å². The Kier molecular flexibility index (Phi) is 4.37. The average molecular weight is 325 g/mol. The summed E-state index contributed by atoms with van der Waals surface area (Å²) >= 11 is 0. The van der Waals surface area contributed by atoms with Crippen LogP contribution >= 0.6 is 0 Å². The van der Waals surface area contributed by atoms with Gasteiger partial charge in [0.15, 0.2) is 0 Å². The molecule has 0 saturated carbocycles. The molecule has 3 rings (SSSR count). The molecular formula is C16H15N5O3. The van der Waals surface area contributed by atoms with Crippen molar-refractivity contribution in [3.8, 4) is 5.75 Å². The molecule has 1 aromatic heterocycles. The van der Waals surface area contributed by atoms with E-state index in [1.807, 2.05) is 24.3 Å². The maximum absolute atomic E-state index is 12.0. The molecule has 0 atom stereocenters. The second-order valence-corrected chi connectivity index (χ2v) is 4.97. The number of amides is 2. The Morgan fingerprint density at radius 3 is 2.58 bits per heavy atom. The third kappa shape index (κ3) is 3.32. The summed E-state index contributed by atoms with van der Waals surface area (Å²) in [4.78, 5) is 23.9. The minimum absolute atomic E-state index is 0.0522. The van der Waals surface area contributed by atoms with E-state index in [2.05, 4.69) is 21.2 Å². The second kappa shape index (κ2) is 6.78. The summed E-state index contributed by atoms with van der Waals surface area (Å²) in [5.41, 5.74) is 6.56. The molecule has 0 aliphatic rings. The first-order valence-corrected chi connectivity index (χ1v) is 7.19. The van der Waals surface area contributed by atoms with Gasteiger partial charge in [-0.3, -0.25) is 20.4 Å². The summed E-state index contributed by atoms with van der Waals surface area (Å²) < 4.78 is 6.49. The summed E-state index contributed by atoms with van der Waals surface area (Å²) in [6, 6.07) is 13.8. The molecule has 1 heterocycles. The number of hydrogen-bond acceptors (Lipinski definition) is 5. The van der Waals surface area contributed by atoms with Gasteiger partial charge in [-0.2, -0.15) is 0 Å². The smallest absolute Gasteiger partial charge is 0.269 e. The molecule has 0 unspecified atom stereocenters. The summed E-state index contributed by atoms with van der Waals surface area (Å²) in [5, 5.41) is 7.88. The van der Waals surface area contributed by atoms with Crippen molar-refractivity contribution < 1.29 is 14.3 Å². The molecule has 8 heteroatoms. The van der Waals surface area contributed by atoms with E-state index in [4.69, 9.17) is 4.74 Å². The number of rotatable bonds is 4. The number of methoxy groups -OCH3 is 1. The van der Waals surface area contributed by atoms with Gasteiger partial charge in [0.05, 0.1) is 12.6 Å². The Labute approximate surface area is 137 Å². The van der Waals surface area contributed by atoms with Crippen molar-refractivity contribution in [1.82, 2.24) is 25.8 Å². The van der Waals surface area contributed by atoms with Crippen LogP contribution in [0.15, 0.2) is 48.5 Å². The van der Waals surface area contributed by atoms with Gasteiger partial charge >= 0.3 is 0 Å². The predicted octanol–water partition coefficient (Wildman–Crippen LogP) is 0.901. The maximum Gasteiger partial charge on any atom is 0.269 e. The molecule has 0 aliphatic heterocycles. The molecular weight excluding hydrogens is 310 g/mol. The Bertz CT molecular complexity index is 873. The van der Waals surface area contributed by atoms with Gasteiger partial charge in [-0.15, -0.1) is 5.10 Å². The summed E-state index contributed by atoms with van der Waals surface area (Å²) in [6.07, 6.45) is 0. The van der Waals surface area contributed by atoms with E-state index >= 15 is 0 Å². The fourth-order valence-electron chi connectivity index (χ4n) is 2.15. The zero-order valence-electron chi connectivity index (χ0n) is 12.9. The zero-order valence-corrected chi connectivity index (χ0v) is 12.9. The molecule has 0 saturated heterocycles. The Morgan fingerprint density at radius 2 is 1.83 bits per heavy atom. The minimum Gasteiger partial charge on any atom is -0.497 e. The number of carbonyl (C=O) groups is 2. The van der Waals surface area contributed by atoms with Gasteiger partial charge in [0.2, 0.25) is 0 Å². The molecule has 122 valence electrons. The lowest BCUT2D eigenvalue weighted by Gasteiger charge is -2.08. The standard InChI is InChI=1S/C16H15N5O3/c1-24-12-8-6-11(7-9-12)16(23)19-18-15(22)10-21-14-5-3-2-4-13(14)17-20-21/h2-9H,10H2,1H3,(H,18,22)(H,19,23). The van der Waals surface area contributed by atoms with Gasteiger partial charge in [0, 0.05) is 5.56 Å². The fourth-order valence-corrected chi connectivity index (χ4v) is 2.15. The normalized spacial score (nSPS) is 10.4. The van der Waals surface area contributed by atoms with Crippen LogP contribution in [-0.2, 0) is 11.3 Å². The number of ether oxygens (including phenoxy) is 1. The van der Waals surface area contributed by atoms with Crippen molar-refractivity contribution in [2.24, 2.45) is 0 Å². The lowest BCUT2D eigenvalue weighted by atomic mass is 10.2. The topological polar surface area (TPSA) is 98.1 Å². The molecule has 3 aromatic rings. The number of hydrazine groups is 1. The first-order chi connectivity index (χ1) is 11.7. The molecule has 8 nitrogen and oxygen atoms in total. The molecule has 0 radical (unpaired) electrons. The number of benzene rings is 2. The van der Waals surface area contributed by atoms with E-state index in [1.54, 1.807) is 31.4 Å². The third-order valence-corrected chi connectivity index (χ3v) is 3.38. The van der Waals surface area contributed by atoms with Crippen LogP contribution < -0.4 is 15.6 Å². The first-order valence-electron chi connectivity index (χ1n) is 7.19. The molecule has 0 fully saturated rings. The van der Waals surface area contributed by atoms with E-state index in [-0.39, 0.29) is 6.54 Å². The van der Waals surface area contributed by atoms with Gasteiger partial charge in [-0.1, -0.05) is 17.3 Å². The third-order valence-electron chi connectivity index (χ3n) is 3.38. The minimum atomic E-state index is -0.422. The van der Waals surface area contributed by atoms with Crippen molar-refractivity contribution in [1.29, 1.82) is 0 Å². The molecule has 0 bridgehead atoms. The second-order valence-electron chi connectivity index (χ2n) is 4.97. The van der Waals surface area contributed by atoms with Crippen LogP contribution in [0.25, 0.3) is 11.0 Å². The number of aromatic nitrogens is 3. The molecule has 0 aliphatic carbocycles. The summed E-state index contributed by atoms with van der Waals surface area (Å²) in [7, 11) is 1.54. The summed E-state index contributed by atoms with van der Waals surface area (Å²) in [6.45, 7) is -0.0522. The van der Waals surface area contributed by atoms with Gasteiger partial charge in [0.25, 0.3) is 11.8 Å². The Morgan fingerprint density at radius 1 is 1.08 bits per heavy atom. The quantitative estimate of drug-likeness (QED) is 0.695. The summed E-state index contributed by atoms with van der Waals surface area (Å²) in [5.74, 6) is -0.185. The lowest BCUT2D eigenvalue weighted by molar-refractivity contribution is -0.122. The van der Waals surface area contributed by atoms with Crippen LogP contribution in [0.2, 0.25) is 0 Å². The van der Waals surface area contributed by atoms with Crippen molar-refractivity contribution >= 4 is 22.8 Å². The molecule has 2 aromatic carbocycles. The maximum atomic E-state index is 12.0. The van der Waals surface area contributed by atoms with Crippen LogP contribution in [-0.4, -0.2) is 33.9 Å². The van der Waals surface area contributed by atoms with Gasteiger partial charge in [0.1, 0.15) is 17.8 Å². The Hall–Kier alpha value is -3.42. The molecule has 2 amide bonds. The zero-order chi connectivity index (χ0) is 16.9. The van der Waals surface area contributed by atoms with E-state index in [9.17, 15) is 9.59 Å². The highest BCUT2D eigenvalue weighted by molar-refractivity contribution is 5.95. The van der Waals surface area contributed by atoms with Crippen LogP contribution in [0.3, 0.4) is 0 Å². The number of nitrogens with one attached hydrogen (secondary N) is 2. The number of fused-ring (bicyclic) bond motifs is 1. The Balaban J connectivity index is 1.57. The number of hydrogen-bond donors (Lipinski definition) is 2. The fraction of sp³-hybridized carbons (Fsp3) is 0.125. The number of nitrogens with zero attached hydrogens (tertiary/aromatic N) is 3. The highest BCUT2D eigenvalue weighted by atomic mass is 16.5. The van der Waals surface area contributed by atoms with Gasteiger partial charge in [-0.25, -0.2) is 4.68 Å². The van der Waals surface area contributed by atoms with Gasteiger partial charge in [-0.05, 0) is 36.4 Å². The lowest BCUT2D eigenvalue weighted by Crippen LogP contribution is -2.43. The molecule has 2 N–H and O–H groups in total. The van der Waals surface area contributed by atoms with Crippen LogP contribution in [0, 0.1) is 0 Å². The number of para-hydroxylation sites is 1. The van der Waals surface area contributed by atoms with Crippen molar-refractivity contribution in [3.05, 3.63) is 54.1 Å². The van der Waals surface area contributed by atoms with E-state index < -0.39 is 11.8 Å². The monoisotopic (exact) mass is 325 g/mol. The highest BCUT2D eigenvalue weighted by Gasteiger charge is 2.10. The molecule has 0 spiro atoms. The van der Waals surface area contributed by atoms with Crippen molar-refractivity contribution in [3.63, 3.8) is 0 Å². The van der Waals surface area contributed by atoms with Gasteiger partial charge < -0.3 is 4.74 Å².